The smallest absolute Gasteiger partial charge is 0.311 e. The predicted octanol–water partition coefficient (Wildman–Crippen LogP) is 4.40. The number of carbonyl (C=O) groups is 2. The van der Waals surface area contributed by atoms with Gasteiger partial charge in [0.25, 0.3) is 0 Å². The van der Waals surface area contributed by atoms with Gasteiger partial charge in [-0.3, -0.25) is 9.59 Å². The van der Waals surface area contributed by atoms with Gasteiger partial charge in [-0.1, -0.05) is 32.1 Å². The Kier molecular flexibility index (Phi) is 13.4. The molecule has 0 saturated carbocycles. The van der Waals surface area contributed by atoms with Crippen molar-refractivity contribution in [3.8, 4) is 0 Å². The van der Waals surface area contributed by atoms with Crippen LogP contribution in [0.5, 0.6) is 0 Å². The number of hydrogen-bond acceptors (Lipinski definition) is 6. The highest BCUT2D eigenvalue weighted by Gasteiger charge is 2.29. The molecule has 0 heterocycles. The van der Waals surface area contributed by atoms with Crippen molar-refractivity contribution in [2.24, 2.45) is 10.8 Å². The molecule has 0 aliphatic heterocycles. The zero-order valence-electron chi connectivity index (χ0n) is 19.5. The summed E-state index contributed by atoms with van der Waals surface area (Å²) in [6.07, 6.45) is 5.22. The van der Waals surface area contributed by atoms with Crippen LogP contribution in [0.2, 0.25) is 0 Å². The maximum absolute atomic E-state index is 11.9. The number of aliphatic hydroxyl groups excluding tert-OH is 2. The van der Waals surface area contributed by atoms with Gasteiger partial charge in [-0.05, 0) is 67.2 Å². The summed E-state index contributed by atoms with van der Waals surface area (Å²) in [5, 5.41) is 20.3. The minimum absolute atomic E-state index is 0.165. The van der Waals surface area contributed by atoms with Crippen molar-refractivity contribution in [2.75, 3.05) is 13.2 Å². The fraction of sp³-hybridized carbons (Fsp3) is 0.913. The molecule has 2 N–H and O–H groups in total. The summed E-state index contributed by atoms with van der Waals surface area (Å²) >= 11 is 0. The number of rotatable bonds is 16. The van der Waals surface area contributed by atoms with Crippen LogP contribution in [0.1, 0.15) is 99.3 Å². The number of carbonyl (C=O) groups excluding carboxylic acids is 2. The molecule has 6 nitrogen and oxygen atoms in total. The third-order valence-corrected chi connectivity index (χ3v) is 5.45. The van der Waals surface area contributed by atoms with E-state index in [-0.39, 0.29) is 11.9 Å². The molecule has 6 heteroatoms. The van der Waals surface area contributed by atoms with Crippen molar-refractivity contribution in [2.45, 2.75) is 112 Å². The van der Waals surface area contributed by atoms with E-state index in [9.17, 15) is 19.8 Å². The normalized spacial score (nSPS) is 14.3. The molecule has 0 radical (unpaired) electrons. The van der Waals surface area contributed by atoms with Crippen molar-refractivity contribution < 1.29 is 29.3 Å². The molecule has 0 bridgehead atoms. The number of hydrogen-bond donors (Lipinski definition) is 2. The summed E-state index contributed by atoms with van der Waals surface area (Å²) in [7, 11) is 0. The molecule has 0 aliphatic rings. The predicted molar refractivity (Wildman–Crippen MR) is 114 cm³/mol. The Morgan fingerprint density at radius 3 is 1.41 bits per heavy atom. The van der Waals surface area contributed by atoms with Gasteiger partial charge < -0.3 is 19.7 Å². The molecule has 0 spiro atoms. The maximum Gasteiger partial charge on any atom is 0.311 e. The fourth-order valence-electron chi connectivity index (χ4n) is 3.26. The fourth-order valence-corrected chi connectivity index (χ4v) is 3.26. The van der Waals surface area contributed by atoms with Crippen LogP contribution in [0.4, 0.5) is 0 Å². The van der Waals surface area contributed by atoms with E-state index in [1.165, 1.54) is 0 Å². The van der Waals surface area contributed by atoms with Crippen LogP contribution in [-0.4, -0.2) is 47.6 Å². The number of esters is 2. The lowest BCUT2D eigenvalue weighted by Gasteiger charge is -2.23. The standard InChI is InChI=1S/C23H44O6/c1-7-28-20(26)22(3,4)16-12-9-10-14-18(24)19(25)15-11-13-17-23(5,6)21(27)29-8-2/h18-19,24-25H,7-17H2,1-6H3/t18-,19-/m1/s1. The van der Waals surface area contributed by atoms with Crippen molar-refractivity contribution in [1.82, 2.24) is 0 Å². The second kappa shape index (κ2) is 14.0. The molecule has 0 unspecified atom stereocenters. The Labute approximate surface area is 177 Å². The second-order valence-corrected chi connectivity index (χ2v) is 9.19. The van der Waals surface area contributed by atoms with Gasteiger partial charge in [0.2, 0.25) is 0 Å². The van der Waals surface area contributed by atoms with Gasteiger partial charge in [0.05, 0.1) is 36.3 Å². The SMILES string of the molecule is CCOC(=O)C(C)(C)CCCCC[C@@H](O)[C@H](O)CCCCC(C)(C)C(=O)OCC. The Hall–Kier alpha value is -1.14. The number of ether oxygens (including phenoxy) is 2. The topological polar surface area (TPSA) is 93.1 Å². The van der Waals surface area contributed by atoms with Gasteiger partial charge in [-0.2, -0.15) is 0 Å². The molecule has 29 heavy (non-hydrogen) atoms. The molecule has 0 saturated heterocycles. The monoisotopic (exact) mass is 416 g/mol. The molecule has 0 aromatic rings. The van der Waals surface area contributed by atoms with E-state index < -0.39 is 23.0 Å². The largest absolute Gasteiger partial charge is 0.466 e. The molecule has 2 atom stereocenters. The zero-order chi connectivity index (χ0) is 22.5. The Morgan fingerprint density at radius 2 is 1.03 bits per heavy atom. The van der Waals surface area contributed by atoms with Gasteiger partial charge in [0, 0.05) is 0 Å². The second-order valence-electron chi connectivity index (χ2n) is 9.19. The molecular formula is C23H44O6. The van der Waals surface area contributed by atoms with Crippen molar-refractivity contribution in [3.05, 3.63) is 0 Å². The maximum atomic E-state index is 11.9. The minimum Gasteiger partial charge on any atom is -0.466 e. The molecule has 172 valence electrons. The van der Waals surface area contributed by atoms with Gasteiger partial charge in [-0.15, -0.1) is 0 Å². The first kappa shape index (κ1) is 27.9. The van der Waals surface area contributed by atoms with E-state index in [4.69, 9.17) is 9.47 Å². The van der Waals surface area contributed by atoms with Crippen molar-refractivity contribution in [3.63, 3.8) is 0 Å². The van der Waals surface area contributed by atoms with Crippen molar-refractivity contribution in [1.29, 1.82) is 0 Å². The molecule has 0 rings (SSSR count). The molecule has 0 amide bonds. The van der Waals surface area contributed by atoms with E-state index in [0.29, 0.717) is 32.5 Å². The van der Waals surface area contributed by atoms with E-state index in [0.717, 1.165) is 38.5 Å². The first-order valence-electron chi connectivity index (χ1n) is 11.2. The average Bonchev–Trinajstić information content (AvgIpc) is 2.64. The Balaban J connectivity index is 3.97. The molecule has 0 aromatic carbocycles. The van der Waals surface area contributed by atoms with Crippen LogP contribution < -0.4 is 0 Å². The minimum atomic E-state index is -0.739. The van der Waals surface area contributed by atoms with Crippen LogP contribution in [0.25, 0.3) is 0 Å². The summed E-state index contributed by atoms with van der Waals surface area (Å²) in [5.74, 6) is -0.353. The van der Waals surface area contributed by atoms with Crippen LogP contribution in [-0.2, 0) is 19.1 Å². The lowest BCUT2D eigenvalue weighted by molar-refractivity contribution is -0.154. The van der Waals surface area contributed by atoms with Crippen LogP contribution >= 0.6 is 0 Å². The highest BCUT2D eigenvalue weighted by Crippen LogP contribution is 2.27. The molecular weight excluding hydrogens is 372 g/mol. The quantitative estimate of drug-likeness (QED) is 0.286. The van der Waals surface area contributed by atoms with E-state index in [2.05, 4.69) is 0 Å². The third kappa shape index (κ3) is 11.6. The van der Waals surface area contributed by atoms with Crippen LogP contribution in [0, 0.1) is 10.8 Å². The highest BCUT2D eigenvalue weighted by molar-refractivity contribution is 5.76. The number of aliphatic hydroxyl groups is 2. The summed E-state index contributed by atoms with van der Waals surface area (Å²) in [6.45, 7) is 11.9. The first-order valence-corrected chi connectivity index (χ1v) is 11.2. The summed E-state index contributed by atoms with van der Waals surface area (Å²) in [6, 6.07) is 0. The third-order valence-electron chi connectivity index (χ3n) is 5.45. The van der Waals surface area contributed by atoms with Crippen LogP contribution in [0.3, 0.4) is 0 Å². The lowest BCUT2D eigenvalue weighted by atomic mass is 9.86. The van der Waals surface area contributed by atoms with Gasteiger partial charge >= 0.3 is 11.9 Å². The van der Waals surface area contributed by atoms with Gasteiger partial charge in [0.15, 0.2) is 0 Å². The van der Waals surface area contributed by atoms with E-state index in [1.54, 1.807) is 6.92 Å². The lowest BCUT2D eigenvalue weighted by Crippen LogP contribution is -2.28. The Morgan fingerprint density at radius 1 is 0.690 bits per heavy atom. The molecule has 0 aromatic heterocycles. The molecule has 0 aliphatic carbocycles. The van der Waals surface area contributed by atoms with E-state index >= 15 is 0 Å². The van der Waals surface area contributed by atoms with Crippen molar-refractivity contribution >= 4 is 11.9 Å². The average molecular weight is 417 g/mol. The number of unbranched alkanes of at least 4 members (excludes halogenated alkanes) is 3. The zero-order valence-corrected chi connectivity index (χ0v) is 19.5. The van der Waals surface area contributed by atoms with Gasteiger partial charge in [0.1, 0.15) is 0 Å². The Bertz CT molecular complexity index is 472. The summed E-state index contributed by atoms with van der Waals surface area (Å²) in [5.41, 5.74) is -0.998. The highest BCUT2D eigenvalue weighted by atomic mass is 16.5. The first-order chi connectivity index (χ1) is 13.5. The summed E-state index contributed by atoms with van der Waals surface area (Å²) < 4.78 is 10.2. The summed E-state index contributed by atoms with van der Waals surface area (Å²) in [4.78, 5) is 23.7. The van der Waals surface area contributed by atoms with Gasteiger partial charge in [-0.25, -0.2) is 0 Å². The molecule has 0 fully saturated rings. The van der Waals surface area contributed by atoms with Crippen LogP contribution in [0.15, 0.2) is 0 Å². The van der Waals surface area contributed by atoms with E-state index in [1.807, 2.05) is 34.6 Å².